The number of amides is 1. The Balaban J connectivity index is 2.03. The van der Waals surface area contributed by atoms with Crippen molar-refractivity contribution in [2.24, 2.45) is 5.73 Å². The molecular weight excluding hydrogens is 240 g/mol. The fourth-order valence-corrected chi connectivity index (χ4v) is 2.30. The first-order valence-corrected chi connectivity index (χ1v) is 6.97. The molecule has 0 radical (unpaired) electrons. The molecule has 2 rings (SSSR count). The predicted octanol–water partition coefficient (Wildman–Crippen LogP) is 1.93. The molecule has 0 spiro atoms. The standard InChI is InChI=1S/C15H22N2O2/c1-2-3-7-13(16)15(18)17-9-10-19-14-8-5-4-6-12(14)11-17/h4-6,8,13H,2-3,7,9-11,16H2,1H3. The van der Waals surface area contributed by atoms with Crippen LogP contribution in [0.25, 0.3) is 0 Å². The van der Waals surface area contributed by atoms with Crippen LogP contribution in [0.2, 0.25) is 0 Å². The number of hydrogen-bond donors (Lipinski definition) is 1. The molecule has 1 aromatic carbocycles. The number of ether oxygens (including phenoxy) is 1. The van der Waals surface area contributed by atoms with E-state index in [-0.39, 0.29) is 11.9 Å². The molecule has 1 atom stereocenters. The first kappa shape index (κ1) is 13.9. The Morgan fingerprint density at radius 1 is 1.47 bits per heavy atom. The van der Waals surface area contributed by atoms with Gasteiger partial charge in [0, 0.05) is 12.1 Å². The number of fused-ring (bicyclic) bond motifs is 1. The number of nitrogens with two attached hydrogens (primary N) is 1. The molecule has 0 aromatic heterocycles. The van der Waals surface area contributed by atoms with Gasteiger partial charge in [0.1, 0.15) is 12.4 Å². The quantitative estimate of drug-likeness (QED) is 0.902. The molecule has 104 valence electrons. The maximum Gasteiger partial charge on any atom is 0.239 e. The Hall–Kier alpha value is -1.55. The molecule has 0 saturated heterocycles. The summed E-state index contributed by atoms with van der Waals surface area (Å²) in [5.41, 5.74) is 7.02. The zero-order valence-electron chi connectivity index (χ0n) is 11.5. The van der Waals surface area contributed by atoms with Crippen molar-refractivity contribution < 1.29 is 9.53 Å². The van der Waals surface area contributed by atoms with Crippen molar-refractivity contribution in [1.82, 2.24) is 4.90 Å². The Morgan fingerprint density at radius 2 is 2.26 bits per heavy atom. The molecule has 2 N–H and O–H groups in total. The van der Waals surface area contributed by atoms with Crippen molar-refractivity contribution in [3.05, 3.63) is 29.8 Å². The van der Waals surface area contributed by atoms with E-state index in [0.29, 0.717) is 19.7 Å². The molecule has 4 nitrogen and oxygen atoms in total. The third kappa shape index (κ3) is 3.47. The summed E-state index contributed by atoms with van der Waals surface area (Å²) in [6, 6.07) is 7.47. The molecule has 19 heavy (non-hydrogen) atoms. The van der Waals surface area contributed by atoms with E-state index in [1.165, 1.54) is 0 Å². The van der Waals surface area contributed by atoms with Crippen LogP contribution >= 0.6 is 0 Å². The van der Waals surface area contributed by atoms with Gasteiger partial charge >= 0.3 is 0 Å². The largest absolute Gasteiger partial charge is 0.491 e. The van der Waals surface area contributed by atoms with Gasteiger partial charge in [-0.15, -0.1) is 0 Å². The van der Waals surface area contributed by atoms with Crippen molar-refractivity contribution in [1.29, 1.82) is 0 Å². The molecule has 1 unspecified atom stereocenters. The summed E-state index contributed by atoms with van der Waals surface area (Å²) < 4.78 is 5.66. The molecule has 0 fully saturated rings. The van der Waals surface area contributed by atoms with Crippen molar-refractivity contribution in [3.8, 4) is 5.75 Å². The Bertz CT molecular complexity index is 434. The van der Waals surface area contributed by atoms with Crippen LogP contribution in [0, 0.1) is 0 Å². The topological polar surface area (TPSA) is 55.6 Å². The van der Waals surface area contributed by atoms with Gasteiger partial charge in [-0.05, 0) is 12.5 Å². The van der Waals surface area contributed by atoms with E-state index in [9.17, 15) is 4.79 Å². The number of para-hydroxylation sites is 1. The second-order valence-electron chi connectivity index (χ2n) is 4.96. The molecule has 0 bridgehead atoms. The molecule has 1 aliphatic rings. The van der Waals surface area contributed by atoms with Crippen molar-refractivity contribution >= 4 is 5.91 Å². The number of nitrogens with zero attached hydrogens (tertiary/aromatic N) is 1. The van der Waals surface area contributed by atoms with Crippen LogP contribution in [0.4, 0.5) is 0 Å². The predicted molar refractivity (Wildman–Crippen MR) is 74.9 cm³/mol. The van der Waals surface area contributed by atoms with Gasteiger partial charge in [0.2, 0.25) is 5.91 Å². The van der Waals surface area contributed by atoms with Crippen LogP contribution in [0.1, 0.15) is 31.7 Å². The summed E-state index contributed by atoms with van der Waals surface area (Å²) in [7, 11) is 0. The zero-order chi connectivity index (χ0) is 13.7. The van der Waals surface area contributed by atoms with Crippen molar-refractivity contribution in [2.45, 2.75) is 38.8 Å². The van der Waals surface area contributed by atoms with E-state index in [0.717, 1.165) is 30.6 Å². The molecule has 1 aromatic rings. The fourth-order valence-electron chi connectivity index (χ4n) is 2.30. The fraction of sp³-hybridized carbons (Fsp3) is 0.533. The van der Waals surface area contributed by atoms with Crippen LogP contribution in [-0.2, 0) is 11.3 Å². The van der Waals surface area contributed by atoms with Gasteiger partial charge in [-0.1, -0.05) is 38.0 Å². The van der Waals surface area contributed by atoms with Gasteiger partial charge in [0.15, 0.2) is 0 Å². The van der Waals surface area contributed by atoms with Crippen LogP contribution < -0.4 is 10.5 Å². The van der Waals surface area contributed by atoms with E-state index in [1.807, 2.05) is 29.2 Å². The highest BCUT2D eigenvalue weighted by Crippen LogP contribution is 2.22. The van der Waals surface area contributed by atoms with Crippen LogP contribution in [0.15, 0.2) is 24.3 Å². The normalized spacial score (nSPS) is 16.2. The monoisotopic (exact) mass is 262 g/mol. The first-order valence-electron chi connectivity index (χ1n) is 6.97. The average molecular weight is 262 g/mol. The van der Waals surface area contributed by atoms with E-state index in [1.54, 1.807) is 0 Å². The maximum atomic E-state index is 12.3. The van der Waals surface area contributed by atoms with E-state index < -0.39 is 0 Å². The van der Waals surface area contributed by atoms with E-state index in [2.05, 4.69) is 6.92 Å². The molecule has 1 heterocycles. The summed E-state index contributed by atoms with van der Waals surface area (Å²) >= 11 is 0. The Kier molecular flexibility index (Phi) is 4.80. The Labute approximate surface area is 114 Å². The van der Waals surface area contributed by atoms with Crippen molar-refractivity contribution in [2.75, 3.05) is 13.2 Å². The van der Waals surface area contributed by atoms with Crippen LogP contribution in [-0.4, -0.2) is 30.0 Å². The van der Waals surface area contributed by atoms with E-state index >= 15 is 0 Å². The summed E-state index contributed by atoms with van der Waals surface area (Å²) in [5.74, 6) is 0.911. The van der Waals surface area contributed by atoms with Gasteiger partial charge in [0.05, 0.1) is 12.6 Å². The third-order valence-corrected chi connectivity index (χ3v) is 3.45. The minimum absolute atomic E-state index is 0.0359. The lowest BCUT2D eigenvalue weighted by molar-refractivity contribution is -0.133. The summed E-state index contributed by atoms with van der Waals surface area (Å²) in [6.07, 6.45) is 2.81. The lowest BCUT2D eigenvalue weighted by atomic mass is 10.1. The highest BCUT2D eigenvalue weighted by Gasteiger charge is 2.23. The van der Waals surface area contributed by atoms with Gasteiger partial charge in [-0.2, -0.15) is 0 Å². The van der Waals surface area contributed by atoms with Gasteiger partial charge in [-0.3, -0.25) is 4.79 Å². The Morgan fingerprint density at radius 3 is 3.05 bits per heavy atom. The maximum absolute atomic E-state index is 12.3. The summed E-state index contributed by atoms with van der Waals surface area (Å²) in [5, 5.41) is 0. The first-order chi connectivity index (χ1) is 9.22. The highest BCUT2D eigenvalue weighted by molar-refractivity contribution is 5.81. The van der Waals surface area contributed by atoms with E-state index in [4.69, 9.17) is 10.5 Å². The molecule has 0 saturated carbocycles. The number of benzene rings is 1. The molecule has 0 aliphatic carbocycles. The summed E-state index contributed by atoms with van der Waals surface area (Å²) in [4.78, 5) is 14.1. The number of hydrogen-bond acceptors (Lipinski definition) is 3. The third-order valence-electron chi connectivity index (χ3n) is 3.45. The SMILES string of the molecule is CCCCC(N)C(=O)N1CCOc2ccccc2C1. The summed E-state index contributed by atoms with van der Waals surface area (Å²) in [6.45, 7) is 3.83. The molecule has 1 amide bonds. The smallest absolute Gasteiger partial charge is 0.239 e. The number of rotatable bonds is 4. The van der Waals surface area contributed by atoms with Gasteiger partial charge < -0.3 is 15.4 Å². The van der Waals surface area contributed by atoms with Crippen LogP contribution in [0.3, 0.4) is 0 Å². The molecule has 1 aliphatic heterocycles. The minimum atomic E-state index is -0.384. The van der Waals surface area contributed by atoms with Gasteiger partial charge in [-0.25, -0.2) is 0 Å². The number of carbonyl (C=O) groups excluding carboxylic acids is 1. The lowest BCUT2D eigenvalue weighted by Crippen LogP contribution is -2.44. The number of carbonyl (C=O) groups is 1. The second-order valence-corrected chi connectivity index (χ2v) is 4.96. The van der Waals surface area contributed by atoms with Gasteiger partial charge in [0.25, 0.3) is 0 Å². The lowest BCUT2D eigenvalue weighted by Gasteiger charge is -2.23. The molecular formula is C15H22N2O2. The average Bonchev–Trinajstić information content (AvgIpc) is 2.66. The number of unbranched alkanes of at least 4 members (excludes halogenated alkanes) is 1. The zero-order valence-corrected chi connectivity index (χ0v) is 11.5. The highest BCUT2D eigenvalue weighted by atomic mass is 16.5. The molecule has 4 heteroatoms. The second kappa shape index (κ2) is 6.57. The van der Waals surface area contributed by atoms with Crippen molar-refractivity contribution in [3.63, 3.8) is 0 Å². The van der Waals surface area contributed by atoms with Crippen LogP contribution in [0.5, 0.6) is 5.75 Å². The minimum Gasteiger partial charge on any atom is -0.491 e.